The number of nitrogens with zero attached hydrogens (tertiary/aromatic N) is 2. The molecule has 0 fully saturated rings. The Morgan fingerprint density at radius 2 is 0.964 bits per heavy atom. The molecule has 5 atom stereocenters. The number of nitrogens with one attached hydrogen (secondary N) is 4. The Kier molecular flexibility index (Phi) is 18.7. The minimum Gasteiger partial charge on any atom is -0.508 e. The van der Waals surface area contributed by atoms with Crippen molar-refractivity contribution in [1.82, 2.24) is 21.3 Å². The number of hydrogen-bond donors (Lipinski definition) is 12. The third-order valence-corrected chi connectivity index (χ3v) is 8.26. The minimum absolute atomic E-state index is 0.0109. The van der Waals surface area contributed by atoms with Gasteiger partial charge in [-0.05, 0) is 79.8 Å². The summed E-state index contributed by atoms with van der Waals surface area (Å²) in [5, 5.41) is 29.9. The molecule has 302 valence electrons. The van der Waals surface area contributed by atoms with Crippen LogP contribution < -0.4 is 55.7 Å². The molecule has 18 N–H and O–H groups in total. The Morgan fingerprint density at radius 3 is 1.38 bits per heavy atom. The lowest BCUT2D eigenvalue weighted by molar-refractivity contribution is -0.135. The van der Waals surface area contributed by atoms with E-state index in [0.29, 0.717) is 11.1 Å². The predicted molar refractivity (Wildman–Crippen MR) is 208 cm³/mol. The van der Waals surface area contributed by atoms with E-state index in [-0.39, 0.29) is 87.4 Å². The number of hydrogen-bond acceptors (Lipinski definition) is 10. The molecule has 0 saturated carbocycles. The molecule has 0 bridgehead atoms. The summed E-state index contributed by atoms with van der Waals surface area (Å²) in [6.45, 7) is 3.97. The lowest BCUT2D eigenvalue weighted by Crippen LogP contribution is -2.59. The van der Waals surface area contributed by atoms with Crippen LogP contribution >= 0.6 is 0 Å². The molecule has 2 aromatic carbocycles. The molecule has 0 unspecified atom stereocenters. The van der Waals surface area contributed by atoms with Crippen molar-refractivity contribution in [2.75, 3.05) is 13.1 Å². The largest absolute Gasteiger partial charge is 0.508 e. The summed E-state index contributed by atoms with van der Waals surface area (Å²) in [5.74, 6) is -3.91. The van der Waals surface area contributed by atoms with Gasteiger partial charge in [-0.3, -0.25) is 34.0 Å². The first-order chi connectivity index (χ1) is 25.9. The lowest BCUT2D eigenvalue weighted by Gasteiger charge is -2.27. The van der Waals surface area contributed by atoms with Crippen LogP contribution in [-0.2, 0) is 36.8 Å². The molecular formula is C36H56N12O7. The number of phenols is 2. The topological polar surface area (TPSA) is 355 Å². The summed E-state index contributed by atoms with van der Waals surface area (Å²) < 4.78 is 0. The molecule has 19 nitrogen and oxygen atoms in total. The standard InChI is InChI=1S/C36H56N12O7/c1-20(2)17-29(48-33(54)26(5-3-15-43-35(39)40)45-31(52)25(37)18-21-7-11-23(49)12-8-21)34(55)46-27(6-4-16-44-36(41)42)32(53)47-28(30(38)51)19-22-9-13-24(50)14-10-22/h7-14,20,25-29,49-50H,3-6,15-19,37H2,1-2H3,(H2,38,51)(H,45,52)(H,46,55)(H,47,53)(H,48,54)(H4,39,40,43)(H4,41,42,44)/t25-,26-,27-,28-,29-/m0/s1. The van der Waals surface area contributed by atoms with Crippen molar-refractivity contribution < 1.29 is 34.2 Å². The van der Waals surface area contributed by atoms with Crippen LogP contribution in [0.5, 0.6) is 11.5 Å². The van der Waals surface area contributed by atoms with Gasteiger partial charge in [0, 0.05) is 19.5 Å². The Hall–Kier alpha value is -6.11. The summed E-state index contributed by atoms with van der Waals surface area (Å²) in [6, 6.07) is 6.44. The van der Waals surface area contributed by atoms with Crippen LogP contribution in [0.1, 0.15) is 57.1 Å². The molecule has 2 rings (SSSR count). The molecule has 0 saturated heterocycles. The van der Waals surface area contributed by atoms with E-state index < -0.39 is 59.7 Å². The first-order valence-electron chi connectivity index (χ1n) is 17.9. The maximum atomic E-state index is 13.9. The van der Waals surface area contributed by atoms with Crippen molar-refractivity contribution in [2.24, 2.45) is 50.3 Å². The van der Waals surface area contributed by atoms with Crippen molar-refractivity contribution in [3.05, 3.63) is 59.7 Å². The molecule has 0 aliphatic heterocycles. The maximum Gasteiger partial charge on any atom is 0.243 e. The van der Waals surface area contributed by atoms with Crippen LogP contribution in [0.2, 0.25) is 0 Å². The van der Waals surface area contributed by atoms with Crippen LogP contribution in [0.25, 0.3) is 0 Å². The molecule has 0 radical (unpaired) electrons. The summed E-state index contributed by atoms with van der Waals surface area (Å²) in [5.41, 5.74) is 34.8. The van der Waals surface area contributed by atoms with E-state index in [9.17, 15) is 34.2 Å². The molecule has 0 aliphatic rings. The van der Waals surface area contributed by atoms with Gasteiger partial charge in [-0.25, -0.2) is 0 Å². The van der Waals surface area contributed by atoms with Gasteiger partial charge in [-0.1, -0.05) is 38.1 Å². The SMILES string of the molecule is CC(C)C[C@H](NC(=O)[C@H](CCCN=C(N)N)NC(=O)[C@@H](N)Cc1ccc(O)cc1)C(=O)N[C@@H](CCCN=C(N)N)C(=O)N[C@@H](Cc1ccc(O)cc1)C(N)=O. The van der Waals surface area contributed by atoms with Crippen LogP contribution in [-0.4, -0.2) is 95.0 Å². The highest BCUT2D eigenvalue weighted by molar-refractivity contribution is 5.95. The second kappa shape index (κ2) is 22.8. The summed E-state index contributed by atoms with van der Waals surface area (Å²) in [6.07, 6.45) is 0.950. The van der Waals surface area contributed by atoms with Crippen molar-refractivity contribution in [3.63, 3.8) is 0 Å². The van der Waals surface area contributed by atoms with Gasteiger partial charge >= 0.3 is 0 Å². The van der Waals surface area contributed by atoms with Gasteiger partial charge in [0.1, 0.15) is 35.7 Å². The highest BCUT2D eigenvalue weighted by Gasteiger charge is 2.32. The number of aromatic hydroxyl groups is 2. The third-order valence-electron chi connectivity index (χ3n) is 8.26. The number of benzene rings is 2. The lowest BCUT2D eigenvalue weighted by atomic mass is 10.0. The minimum atomic E-state index is -1.21. The number of rotatable bonds is 23. The molecule has 0 heterocycles. The molecule has 0 spiro atoms. The zero-order valence-electron chi connectivity index (χ0n) is 31.2. The number of carbonyl (C=O) groups is 5. The monoisotopic (exact) mass is 768 g/mol. The van der Waals surface area contributed by atoms with Crippen molar-refractivity contribution >= 4 is 41.5 Å². The fourth-order valence-corrected chi connectivity index (χ4v) is 5.41. The van der Waals surface area contributed by atoms with Crippen LogP contribution in [0.15, 0.2) is 58.5 Å². The quantitative estimate of drug-likeness (QED) is 0.0325. The van der Waals surface area contributed by atoms with Gasteiger partial charge < -0.3 is 65.9 Å². The summed E-state index contributed by atoms with van der Waals surface area (Å²) >= 11 is 0. The average molecular weight is 769 g/mol. The Bertz CT molecular complexity index is 1630. The second-order valence-electron chi connectivity index (χ2n) is 13.5. The molecule has 5 amide bonds. The maximum absolute atomic E-state index is 13.9. The van der Waals surface area contributed by atoms with Gasteiger partial charge in [0.2, 0.25) is 29.5 Å². The Morgan fingerprint density at radius 1 is 0.582 bits per heavy atom. The van der Waals surface area contributed by atoms with Crippen LogP contribution in [0, 0.1) is 5.92 Å². The Balaban J connectivity index is 2.29. The van der Waals surface area contributed by atoms with Gasteiger partial charge in [0.25, 0.3) is 0 Å². The van der Waals surface area contributed by atoms with Crippen molar-refractivity contribution in [2.45, 2.75) is 89.0 Å². The molecule has 0 aromatic heterocycles. The number of primary amides is 1. The summed E-state index contributed by atoms with van der Waals surface area (Å²) in [7, 11) is 0. The smallest absolute Gasteiger partial charge is 0.243 e. The van der Waals surface area contributed by atoms with E-state index in [4.69, 9.17) is 34.4 Å². The molecule has 0 aliphatic carbocycles. The number of carbonyl (C=O) groups excluding carboxylic acids is 5. The van der Waals surface area contributed by atoms with Gasteiger partial charge in [0.15, 0.2) is 11.9 Å². The normalized spacial score (nSPS) is 13.6. The second-order valence-corrected chi connectivity index (χ2v) is 13.5. The van der Waals surface area contributed by atoms with Crippen molar-refractivity contribution in [3.8, 4) is 11.5 Å². The van der Waals surface area contributed by atoms with E-state index in [1.165, 1.54) is 24.3 Å². The number of nitrogens with two attached hydrogens (primary N) is 6. The molecular weight excluding hydrogens is 712 g/mol. The number of aliphatic imine (C=N–C) groups is 2. The fourth-order valence-electron chi connectivity index (χ4n) is 5.41. The Labute approximate surface area is 320 Å². The van der Waals surface area contributed by atoms with Crippen LogP contribution in [0.4, 0.5) is 0 Å². The van der Waals surface area contributed by atoms with E-state index in [1.807, 2.05) is 13.8 Å². The fraction of sp³-hybridized carbons (Fsp3) is 0.472. The number of phenolic OH excluding ortho intramolecular Hbond substituents is 2. The van der Waals surface area contributed by atoms with Crippen molar-refractivity contribution in [1.29, 1.82) is 0 Å². The molecule has 55 heavy (non-hydrogen) atoms. The van der Waals surface area contributed by atoms with E-state index >= 15 is 0 Å². The van der Waals surface area contributed by atoms with Gasteiger partial charge in [-0.15, -0.1) is 0 Å². The predicted octanol–water partition coefficient (Wildman–Crippen LogP) is -2.21. The first-order valence-corrected chi connectivity index (χ1v) is 17.9. The highest BCUT2D eigenvalue weighted by Crippen LogP contribution is 2.14. The van der Waals surface area contributed by atoms with E-state index in [1.54, 1.807) is 24.3 Å². The third kappa shape index (κ3) is 17.5. The average Bonchev–Trinajstić information content (AvgIpc) is 3.11. The molecule has 19 heteroatoms. The van der Waals surface area contributed by atoms with Crippen LogP contribution in [0.3, 0.4) is 0 Å². The highest BCUT2D eigenvalue weighted by atomic mass is 16.3. The zero-order chi connectivity index (χ0) is 41.1. The first kappa shape index (κ1) is 45.0. The van der Waals surface area contributed by atoms with Gasteiger partial charge in [-0.2, -0.15) is 0 Å². The number of guanidine groups is 2. The molecule has 2 aromatic rings. The number of amides is 5. The summed E-state index contributed by atoms with van der Waals surface area (Å²) in [4.78, 5) is 74.7. The van der Waals surface area contributed by atoms with Gasteiger partial charge in [0.05, 0.1) is 6.04 Å². The van der Waals surface area contributed by atoms with E-state index in [0.717, 1.165) is 0 Å². The van der Waals surface area contributed by atoms with E-state index in [2.05, 4.69) is 31.3 Å². The zero-order valence-corrected chi connectivity index (χ0v) is 31.2.